The van der Waals surface area contributed by atoms with E-state index in [2.05, 4.69) is 5.10 Å². The van der Waals surface area contributed by atoms with Crippen molar-refractivity contribution in [3.05, 3.63) is 62.9 Å². The van der Waals surface area contributed by atoms with Crippen LogP contribution in [0.15, 0.2) is 47.4 Å². The van der Waals surface area contributed by atoms with Crippen molar-refractivity contribution in [1.29, 1.82) is 0 Å². The first-order valence-electron chi connectivity index (χ1n) is 6.12. The van der Waals surface area contributed by atoms with Gasteiger partial charge in [-0.05, 0) is 30.3 Å². The second-order valence-corrected chi connectivity index (χ2v) is 5.19. The van der Waals surface area contributed by atoms with E-state index in [9.17, 15) is 4.79 Å². The highest BCUT2D eigenvalue weighted by molar-refractivity contribution is 6.42. The lowest BCUT2D eigenvalue weighted by Crippen LogP contribution is -2.11. The molecule has 0 fully saturated rings. The van der Waals surface area contributed by atoms with Crippen molar-refractivity contribution in [1.82, 2.24) is 9.78 Å². The van der Waals surface area contributed by atoms with Crippen molar-refractivity contribution in [2.24, 2.45) is 0 Å². The lowest BCUT2D eigenvalue weighted by atomic mass is 10.2. The second kappa shape index (κ2) is 5.39. The van der Waals surface area contributed by atoms with Gasteiger partial charge >= 0.3 is 0 Å². The molecule has 106 valence electrons. The Labute approximate surface area is 130 Å². The second-order valence-electron chi connectivity index (χ2n) is 4.37. The summed E-state index contributed by atoms with van der Waals surface area (Å²) in [6, 6.07) is 10.5. The molecule has 3 rings (SSSR count). The number of nitrogens with zero attached hydrogens (tertiary/aromatic N) is 2. The van der Waals surface area contributed by atoms with Crippen LogP contribution in [0.5, 0.6) is 5.75 Å². The Balaban J connectivity index is 2.36. The number of rotatable bonds is 2. The molecule has 0 saturated heterocycles. The van der Waals surface area contributed by atoms with Crippen LogP contribution in [0.4, 0.5) is 0 Å². The molecule has 21 heavy (non-hydrogen) atoms. The number of methoxy groups -OCH3 is 1. The molecule has 0 atom stereocenters. The van der Waals surface area contributed by atoms with Crippen LogP contribution < -0.4 is 10.2 Å². The summed E-state index contributed by atoms with van der Waals surface area (Å²) in [6.45, 7) is 0. The molecule has 0 unspecified atom stereocenters. The first kappa shape index (κ1) is 13.9. The first-order chi connectivity index (χ1) is 10.1. The van der Waals surface area contributed by atoms with Crippen molar-refractivity contribution in [3.63, 3.8) is 0 Å². The molecule has 0 radical (unpaired) electrons. The number of hydrogen-bond acceptors (Lipinski definition) is 3. The van der Waals surface area contributed by atoms with E-state index >= 15 is 0 Å². The summed E-state index contributed by atoms with van der Waals surface area (Å²) in [5, 5.41) is 5.53. The van der Waals surface area contributed by atoms with Gasteiger partial charge in [0.15, 0.2) is 0 Å². The molecule has 0 N–H and O–H groups in total. The highest BCUT2D eigenvalue weighted by atomic mass is 35.5. The van der Waals surface area contributed by atoms with E-state index in [4.69, 9.17) is 27.9 Å². The van der Waals surface area contributed by atoms with Crippen LogP contribution in [0, 0.1) is 0 Å². The third-order valence-corrected chi connectivity index (χ3v) is 3.88. The van der Waals surface area contributed by atoms with Crippen molar-refractivity contribution in [2.45, 2.75) is 0 Å². The van der Waals surface area contributed by atoms with Gasteiger partial charge in [-0.1, -0.05) is 29.3 Å². The summed E-state index contributed by atoms with van der Waals surface area (Å²) >= 11 is 12.0. The lowest BCUT2D eigenvalue weighted by Gasteiger charge is -2.11. The molecule has 1 aromatic heterocycles. The molecule has 3 aromatic rings. The summed E-state index contributed by atoms with van der Waals surface area (Å²) in [4.78, 5) is 12.1. The average molecular weight is 321 g/mol. The first-order valence-corrected chi connectivity index (χ1v) is 6.88. The molecule has 0 amide bonds. The average Bonchev–Trinajstić information content (AvgIpc) is 2.50. The Hall–Kier alpha value is -2.04. The van der Waals surface area contributed by atoms with Crippen LogP contribution in [0.25, 0.3) is 16.6 Å². The summed E-state index contributed by atoms with van der Waals surface area (Å²) in [5.74, 6) is 0.508. The predicted octanol–water partition coefficient (Wildman–Crippen LogP) is 3.70. The fourth-order valence-corrected chi connectivity index (χ4v) is 2.47. The molecule has 6 heteroatoms. The Morgan fingerprint density at radius 3 is 2.67 bits per heavy atom. The minimum absolute atomic E-state index is 0.196. The molecular formula is C15H10Cl2N2O2. The number of aromatic nitrogens is 2. The zero-order valence-corrected chi connectivity index (χ0v) is 12.5. The van der Waals surface area contributed by atoms with Gasteiger partial charge in [0.1, 0.15) is 5.75 Å². The van der Waals surface area contributed by atoms with Crippen LogP contribution in [-0.4, -0.2) is 16.9 Å². The molecule has 0 aliphatic rings. The standard InChI is InChI=1S/C15H10Cl2N2O2/c1-21-14-4-2-3-12-15(14)13(20)8-18-19(12)9-5-6-10(16)11(17)7-9/h2-8H,1H3. The Morgan fingerprint density at radius 2 is 1.95 bits per heavy atom. The van der Waals surface area contributed by atoms with Crippen LogP contribution >= 0.6 is 23.2 Å². The summed E-state index contributed by atoms with van der Waals surface area (Å²) in [7, 11) is 1.53. The van der Waals surface area contributed by atoms with Gasteiger partial charge in [0, 0.05) is 0 Å². The molecule has 0 bridgehead atoms. The van der Waals surface area contributed by atoms with E-state index in [0.717, 1.165) is 0 Å². The van der Waals surface area contributed by atoms with Crippen LogP contribution in [0.1, 0.15) is 0 Å². The normalized spacial score (nSPS) is 10.8. The molecule has 0 saturated carbocycles. The molecular weight excluding hydrogens is 311 g/mol. The lowest BCUT2D eigenvalue weighted by molar-refractivity contribution is 0.419. The zero-order chi connectivity index (χ0) is 15.0. The molecule has 4 nitrogen and oxygen atoms in total. The quantitative estimate of drug-likeness (QED) is 0.723. The molecule has 1 heterocycles. The van der Waals surface area contributed by atoms with Gasteiger partial charge in [-0.3, -0.25) is 4.79 Å². The highest BCUT2D eigenvalue weighted by Gasteiger charge is 2.11. The molecule has 0 spiro atoms. The van der Waals surface area contributed by atoms with E-state index in [0.29, 0.717) is 32.4 Å². The topological polar surface area (TPSA) is 44.1 Å². The fraction of sp³-hybridized carbons (Fsp3) is 0.0667. The maximum atomic E-state index is 12.1. The van der Waals surface area contributed by atoms with Crippen LogP contribution in [0.2, 0.25) is 10.0 Å². The predicted molar refractivity (Wildman–Crippen MR) is 83.9 cm³/mol. The maximum Gasteiger partial charge on any atom is 0.211 e. The molecule has 0 aliphatic heterocycles. The van der Waals surface area contributed by atoms with Gasteiger partial charge in [-0.25, -0.2) is 4.68 Å². The van der Waals surface area contributed by atoms with Crippen LogP contribution in [-0.2, 0) is 0 Å². The molecule has 2 aromatic carbocycles. The van der Waals surface area contributed by atoms with Gasteiger partial charge in [-0.2, -0.15) is 5.10 Å². The number of fused-ring (bicyclic) bond motifs is 1. The summed E-state index contributed by atoms with van der Waals surface area (Å²) in [5.41, 5.74) is 1.15. The van der Waals surface area contributed by atoms with E-state index < -0.39 is 0 Å². The number of benzene rings is 2. The van der Waals surface area contributed by atoms with E-state index in [1.54, 1.807) is 41.1 Å². The minimum atomic E-state index is -0.196. The van der Waals surface area contributed by atoms with Crippen molar-refractivity contribution < 1.29 is 4.74 Å². The smallest absolute Gasteiger partial charge is 0.211 e. The van der Waals surface area contributed by atoms with Gasteiger partial charge in [0.25, 0.3) is 0 Å². The summed E-state index contributed by atoms with van der Waals surface area (Å²) in [6.07, 6.45) is 1.26. The van der Waals surface area contributed by atoms with E-state index in [1.807, 2.05) is 0 Å². The van der Waals surface area contributed by atoms with Gasteiger partial charge in [0.2, 0.25) is 5.43 Å². The van der Waals surface area contributed by atoms with E-state index in [-0.39, 0.29) is 5.43 Å². The Bertz CT molecular complexity index is 890. The number of halogens is 2. The van der Waals surface area contributed by atoms with Crippen molar-refractivity contribution >= 4 is 34.1 Å². The van der Waals surface area contributed by atoms with Gasteiger partial charge in [0.05, 0.1) is 39.9 Å². The van der Waals surface area contributed by atoms with Crippen molar-refractivity contribution in [2.75, 3.05) is 7.11 Å². The van der Waals surface area contributed by atoms with Crippen LogP contribution in [0.3, 0.4) is 0 Å². The minimum Gasteiger partial charge on any atom is -0.496 e. The van der Waals surface area contributed by atoms with Crippen molar-refractivity contribution in [3.8, 4) is 11.4 Å². The Morgan fingerprint density at radius 1 is 1.14 bits per heavy atom. The zero-order valence-electron chi connectivity index (χ0n) is 11.0. The third kappa shape index (κ3) is 2.37. The largest absolute Gasteiger partial charge is 0.496 e. The highest BCUT2D eigenvalue weighted by Crippen LogP contribution is 2.27. The third-order valence-electron chi connectivity index (χ3n) is 3.14. The fourth-order valence-electron chi connectivity index (χ4n) is 2.17. The number of ether oxygens (including phenoxy) is 1. The van der Waals surface area contributed by atoms with E-state index in [1.165, 1.54) is 13.3 Å². The maximum absolute atomic E-state index is 12.1. The Kier molecular flexibility index (Phi) is 3.57. The van der Waals surface area contributed by atoms with Gasteiger partial charge in [-0.15, -0.1) is 0 Å². The summed E-state index contributed by atoms with van der Waals surface area (Å²) < 4.78 is 6.88. The molecule has 0 aliphatic carbocycles. The number of hydrogen-bond donors (Lipinski definition) is 0. The SMILES string of the molecule is COc1cccc2c1c(=O)cnn2-c1ccc(Cl)c(Cl)c1. The monoisotopic (exact) mass is 320 g/mol. The van der Waals surface area contributed by atoms with Gasteiger partial charge < -0.3 is 4.74 Å².